The molecular weight excluding hydrogens is 483 g/mol. The van der Waals surface area contributed by atoms with Gasteiger partial charge in [0.2, 0.25) is 5.09 Å². The first-order valence-electron chi connectivity index (χ1n) is 9.88. The predicted molar refractivity (Wildman–Crippen MR) is 125 cm³/mol. The molecule has 0 aliphatic carbocycles. The van der Waals surface area contributed by atoms with Crippen molar-refractivity contribution < 1.29 is 56.5 Å². The monoisotopic (exact) mass is 504 g/mol. The second kappa shape index (κ2) is 12.5. The molecule has 35 heavy (non-hydrogen) atoms. The molecule has 0 bridgehead atoms. The molecule has 0 aliphatic rings. The van der Waals surface area contributed by atoms with Crippen LogP contribution in [0.15, 0.2) is 87.0 Å². The third kappa shape index (κ3) is 8.19. The fourth-order valence-corrected chi connectivity index (χ4v) is 3.16. The second-order valence-corrected chi connectivity index (χ2v) is 8.48. The fraction of sp³-hybridized carbons (Fsp3) is 0.0870. The molecule has 0 atom stereocenters. The van der Waals surface area contributed by atoms with Crippen LogP contribution in [-0.2, 0) is 14.9 Å². The zero-order valence-electron chi connectivity index (χ0n) is 19.3. The number of benzene rings is 2. The van der Waals surface area contributed by atoms with Gasteiger partial charge in [0.15, 0.2) is 10.1 Å². The number of furan rings is 1. The standard InChI is InChI=1S/C23H22N4O6S.Na/c1-27(2)18-10-8-16(9-11-18)14-20(25-22(28)17-6-4-3-5-7-17)23(29)26-24-15-19-12-13-21(33-19)34(30,31)32;/h3-15H,1-2H3,(H,25,28)(H,26,29)(H,30,31,32);/q;+1/p-1. The molecule has 0 radical (unpaired) electrons. The van der Waals surface area contributed by atoms with Crippen LogP contribution < -0.4 is 45.2 Å². The Labute approximate surface area is 224 Å². The van der Waals surface area contributed by atoms with E-state index in [-0.39, 0.29) is 41.0 Å². The average Bonchev–Trinajstić information content (AvgIpc) is 3.29. The van der Waals surface area contributed by atoms with Crippen molar-refractivity contribution >= 4 is 39.9 Å². The van der Waals surface area contributed by atoms with Crippen molar-refractivity contribution in [2.24, 2.45) is 5.10 Å². The van der Waals surface area contributed by atoms with E-state index in [4.69, 9.17) is 4.42 Å². The molecule has 0 spiro atoms. The van der Waals surface area contributed by atoms with Gasteiger partial charge in [0, 0.05) is 25.3 Å². The number of hydrogen-bond acceptors (Lipinski definition) is 8. The number of hydrazone groups is 1. The van der Waals surface area contributed by atoms with Gasteiger partial charge >= 0.3 is 29.6 Å². The van der Waals surface area contributed by atoms with Crippen molar-refractivity contribution in [2.45, 2.75) is 5.09 Å². The molecule has 0 unspecified atom stereocenters. The number of hydrogen-bond donors (Lipinski definition) is 2. The normalized spacial score (nSPS) is 11.6. The van der Waals surface area contributed by atoms with Crippen molar-refractivity contribution in [3.63, 3.8) is 0 Å². The van der Waals surface area contributed by atoms with Crippen LogP contribution in [0.1, 0.15) is 21.7 Å². The molecule has 10 nitrogen and oxygen atoms in total. The molecule has 2 amide bonds. The van der Waals surface area contributed by atoms with E-state index in [1.807, 2.05) is 31.1 Å². The number of carbonyl (C=O) groups excluding carboxylic acids is 2. The number of nitrogens with zero attached hydrogens (tertiary/aromatic N) is 2. The summed E-state index contributed by atoms with van der Waals surface area (Å²) in [7, 11) is -0.947. The van der Waals surface area contributed by atoms with Crippen LogP contribution in [0.4, 0.5) is 5.69 Å². The number of amides is 2. The van der Waals surface area contributed by atoms with Gasteiger partial charge in [-0.1, -0.05) is 30.3 Å². The van der Waals surface area contributed by atoms with Crippen LogP contribution >= 0.6 is 0 Å². The van der Waals surface area contributed by atoms with E-state index in [2.05, 4.69) is 15.8 Å². The molecule has 12 heteroatoms. The molecule has 1 aromatic heterocycles. The molecule has 3 aromatic rings. The van der Waals surface area contributed by atoms with E-state index in [1.165, 1.54) is 12.1 Å². The zero-order chi connectivity index (χ0) is 24.7. The van der Waals surface area contributed by atoms with Gasteiger partial charge in [0.1, 0.15) is 11.5 Å². The Kier molecular flexibility index (Phi) is 9.99. The van der Waals surface area contributed by atoms with Gasteiger partial charge < -0.3 is 19.2 Å². The Morgan fingerprint density at radius 2 is 1.66 bits per heavy atom. The van der Waals surface area contributed by atoms with Gasteiger partial charge in [-0.05, 0) is 48.0 Å². The third-order valence-electron chi connectivity index (χ3n) is 4.46. The van der Waals surface area contributed by atoms with E-state index in [0.717, 1.165) is 18.0 Å². The second-order valence-electron chi connectivity index (χ2n) is 7.17. The summed E-state index contributed by atoms with van der Waals surface area (Å²) in [5.41, 5.74) is 4.13. The van der Waals surface area contributed by atoms with E-state index in [1.54, 1.807) is 42.5 Å². The van der Waals surface area contributed by atoms with Gasteiger partial charge in [-0.15, -0.1) is 0 Å². The molecule has 0 saturated carbocycles. The number of anilines is 1. The van der Waals surface area contributed by atoms with Crippen molar-refractivity contribution in [2.75, 3.05) is 19.0 Å². The van der Waals surface area contributed by atoms with Crippen LogP contribution in [0, 0.1) is 0 Å². The molecule has 3 rings (SSSR count). The summed E-state index contributed by atoms with van der Waals surface area (Å²) in [6, 6.07) is 17.8. The quantitative estimate of drug-likeness (QED) is 0.134. The van der Waals surface area contributed by atoms with Crippen molar-refractivity contribution in [3.8, 4) is 0 Å². The summed E-state index contributed by atoms with van der Waals surface area (Å²) in [4.78, 5) is 27.3. The molecule has 2 aromatic carbocycles. The van der Waals surface area contributed by atoms with Crippen LogP contribution in [-0.4, -0.2) is 45.1 Å². The number of carbonyl (C=O) groups is 2. The van der Waals surface area contributed by atoms with E-state index in [0.29, 0.717) is 11.1 Å². The summed E-state index contributed by atoms with van der Waals surface area (Å²) in [6.45, 7) is 0. The Morgan fingerprint density at radius 1 is 1.00 bits per heavy atom. The summed E-state index contributed by atoms with van der Waals surface area (Å²) in [5.74, 6) is -1.29. The maximum Gasteiger partial charge on any atom is 1.00 e. The minimum atomic E-state index is -4.75. The summed E-state index contributed by atoms with van der Waals surface area (Å²) in [6.07, 6.45) is 2.51. The number of rotatable bonds is 8. The Bertz CT molecular complexity index is 1330. The molecule has 1 heterocycles. The van der Waals surface area contributed by atoms with Crippen LogP contribution in [0.5, 0.6) is 0 Å². The van der Waals surface area contributed by atoms with Gasteiger partial charge in [-0.3, -0.25) is 9.59 Å². The minimum Gasteiger partial charge on any atom is -0.742 e. The molecule has 2 N–H and O–H groups in total. The smallest absolute Gasteiger partial charge is 0.742 e. The minimum absolute atomic E-state index is 0. The van der Waals surface area contributed by atoms with Crippen molar-refractivity contribution in [1.29, 1.82) is 0 Å². The van der Waals surface area contributed by atoms with Gasteiger partial charge in [-0.2, -0.15) is 5.10 Å². The molecule has 176 valence electrons. The largest absolute Gasteiger partial charge is 1.00 e. The van der Waals surface area contributed by atoms with Crippen LogP contribution in [0.25, 0.3) is 6.08 Å². The first kappa shape index (κ1) is 28.0. The third-order valence-corrected chi connectivity index (χ3v) is 5.17. The summed E-state index contributed by atoms with van der Waals surface area (Å²) >= 11 is 0. The van der Waals surface area contributed by atoms with E-state index in [9.17, 15) is 22.6 Å². The first-order valence-corrected chi connectivity index (χ1v) is 11.3. The zero-order valence-corrected chi connectivity index (χ0v) is 22.1. The van der Waals surface area contributed by atoms with Crippen molar-refractivity contribution in [1.82, 2.24) is 10.7 Å². The molecule has 0 saturated heterocycles. The SMILES string of the molecule is CN(C)c1ccc(C=C(NC(=O)c2ccccc2)C(=O)NN=Cc2ccc(S(=O)(=O)[O-])o2)cc1.[Na+]. The Hall–Kier alpha value is -3.22. The summed E-state index contributed by atoms with van der Waals surface area (Å²) in [5, 5.41) is 5.51. The number of nitrogens with one attached hydrogen (secondary N) is 2. The maximum atomic E-state index is 12.8. The molecule has 0 aliphatic heterocycles. The average molecular weight is 505 g/mol. The van der Waals surface area contributed by atoms with Crippen LogP contribution in [0.2, 0.25) is 0 Å². The Balaban J connectivity index is 0.00000432. The van der Waals surface area contributed by atoms with Gasteiger partial charge in [-0.25, -0.2) is 13.8 Å². The molecular formula is C23H21N4NaO6S. The summed E-state index contributed by atoms with van der Waals surface area (Å²) < 4.78 is 37.7. The van der Waals surface area contributed by atoms with Gasteiger partial charge in [0.05, 0.1) is 6.21 Å². The van der Waals surface area contributed by atoms with Crippen LogP contribution in [0.3, 0.4) is 0 Å². The van der Waals surface area contributed by atoms with E-state index >= 15 is 0 Å². The van der Waals surface area contributed by atoms with Crippen molar-refractivity contribution in [3.05, 3.63) is 89.3 Å². The predicted octanol–water partition coefficient (Wildman–Crippen LogP) is -0.825. The fourth-order valence-electron chi connectivity index (χ4n) is 2.73. The van der Waals surface area contributed by atoms with E-state index < -0.39 is 27.0 Å². The first-order chi connectivity index (χ1) is 16.1. The molecule has 0 fully saturated rings. The Morgan fingerprint density at radius 3 is 2.23 bits per heavy atom. The maximum absolute atomic E-state index is 12.8. The van der Waals surface area contributed by atoms with Gasteiger partial charge in [0.25, 0.3) is 11.8 Å². The topological polar surface area (TPSA) is 144 Å².